The molecule has 2 unspecified atom stereocenters. The molecule has 0 aliphatic carbocycles. The Morgan fingerprint density at radius 3 is 2.63 bits per heavy atom. The average molecular weight is 400 g/mol. The fourth-order valence-corrected chi connectivity index (χ4v) is 3.45. The molecule has 0 bridgehead atoms. The predicted molar refractivity (Wildman–Crippen MR) is 113 cm³/mol. The summed E-state index contributed by atoms with van der Waals surface area (Å²) in [5.74, 6) is 0.900. The monoisotopic (exact) mass is 400 g/mol. The third-order valence-electron chi connectivity index (χ3n) is 5.01. The molecule has 3 aromatic heterocycles. The molecular weight excluding hydrogens is 380 g/mol. The van der Waals surface area contributed by atoms with Crippen molar-refractivity contribution in [3.63, 3.8) is 0 Å². The van der Waals surface area contributed by atoms with Gasteiger partial charge in [0, 0.05) is 6.20 Å². The highest BCUT2D eigenvalue weighted by Gasteiger charge is 2.22. The topological polar surface area (TPSA) is 127 Å². The number of nitrogen functional groups attached to an aromatic ring is 1. The smallest absolute Gasteiger partial charge is 0.335 e. The number of fused-ring (bicyclic) bond motifs is 1. The first-order chi connectivity index (χ1) is 14.5. The Balaban J connectivity index is 1.85. The lowest BCUT2D eigenvalue weighted by molar-refractivity contribution is 0.526. The number of nitrogens with two attached hydrogens (primary N) is 1. The molecular formula is C21H20N8O. The van der Waals surface area contributed by atoms with Crippen LogP contribution in [0.1, 0.15) is 42.9 Å². The van der Waals surface area contributed by atoms with Gasteiger partial charge >= 0.3 is 5.69 Å². The van der Waals surface area contributed by atoms with Gasteiger partial charge in [-0.15, -0.1) is 0 Å². The first kappa shape index (κ1) is 19.1. The summed E-state index contributed by atoms with van der Waals surface area (Å²) in [6.07, 6.45) is 2.98. The predicted octanol–water partition coefficient (Wildman–Crippen LogP) is 2.52. The summed E-state index contributed by atoms with van der Waals surface area (Å²) in [4.78, 5) is 26.0. The van der Waals surface area contributed by atoms with Gasteiger partial charge in [0.15, 0.2) is 0 Å². The Morgan fingerprint density at radius 1 is 1.13 bits per heavy atom. The van der Waals surface area contributed by atoms with Crippen molar-refractivity contribution in [1.29, 1.82) is 5.26 Å². The Bertz CT molecular complexity index is 1300. The first-order valence-electron chi connectivity index (χ1n) is 9.42. The summed E-state index contributed by atoms with van der Waals surface area (Å²) >= 11 is 0. The second-order valence-corrected chi connectivity index (χ2v) is 6.91. The van der Waals surface area contributed by atoms with Crippen molar-refractivity contribution in [2.75, 3.05) is 11.1 Å². The molecule has 1 aromatic carbocycles. The van der Waals surface area contributed by atoms with Gasteiger partial charge in [-0.2, -0.15) is 5.26 Å². The van der Waals surface area contributed by atoms with E-state index in [0.29, 0.717) is 17.3 Å². The molecule has 3 heterocycles. The van der Waals surface area contributed by atoms with Crippen molar-refractivity contribution in [1.82, 2.24) is 23.9 Å². The zero-order valence-electron chi connectivity index (χ0n) is 16.5. The van der Waals surface area contributed by atoms with E-state index in [1.807, 2.05) is 50.2 Å². The maximum Gasteiger partial charge on any atom is 0.335 e. The van der Waals surface area contributed by atoms with Crippen LogP contribution >= 0.6 is 0 Å². The normalized spacial score (nSPS) is 13.0. The van der Waals surface area contributed by atoms with Crippen molar-refractivity contribution in [3.8, 4) is 6.07 Å². The molecule has 0 aliphatic rings. The lowest BCUT2D eigenvalue weighted by Crippen LogP contribution is -2.35. The third kappa shape index (κ3) is 3.24. The molecule has 4 rings (SSSR count). The van der Waals surface area contributed by atoms with Crippen LogP contribution in [0.4, 0.5) is 11.6 Å². The van der Waals surface area contributed by atoms with E-state index in [4.69, 9.17) is 10.7 Å². The van der Waals surface area contributed by atoms with Gasteiger partial charge in [0.05, 0.1) is 12.1 Å². The van der Waals surface area contributed by atoms with E-state index in [-0.39, 0.29) is 23.1 Å². The zero-order chi connectivity index (χ0) is 21.3. The molecule has 0 radical (unpaired) electrons. The second kappa shape index (κ2) is 7.67. The van der Waals surface area contributed by atoms with Crippen LogP contribution in [-0.2, 0) is 0 Å². The number of benzene rings is 1. The summed E-state index contributed by atoms with van der Waals surface area (Å²) < 4.78 is 3.16. The quantitative estimate of drug-likeness (QED) is 0.527. The third-order valence-corrected chi connectivity index (χ3v) is 5.01. The van der Waals surface area contributed by atoms with Crippen molar-refractivity contribution in [2.24, 2.45) is 0 Å². The van der Waals surface area contributed by atoms with Crippen molar-refractivity contribution < 1.29 is 0 Å². The number of rotatable bonds is 5. The largest absolute Gasteiger partial charge is 0.382 e. The highest BCUT2D eigenvalue weighted by atomic mass is 16.1. The molecule has 0 saturated carbocycles. The van der Waals surface area contributed by atoms with E-state index in [0.717, 1.165) is 5.56 Å². The van der Waals surface area contributed by atoms with Crippen LogP contribution in [0.5, 0.6) is 0 Å². The van der Waals surface area contributed by atoms with Crippen molar-refractivity contribution in [3.05, 3.63) is 82.4 Å². The van der Waals surface area contributed by atoms with E-state index in [9.17, 15) is 10.1 Å². The molecule has 30 heavy (non-hydrogen) atoms. The molecule has 9 nitrogen and oxygen atoms in total. The van der Waals surface area contributed by atoms with E-state index in [1.165, 1.54) is 10.7 Å². The molecule has 0 saturated heterocycles. The van der Waals surface area contributed by atoms with Gasteiger partial charge in [-0.05, 0) is 31.5 Å². The van der Waals surface area contributed by atoms with E-state index < -0.39 is 6.04 Å². The van der Waals surface area contributed by atoms with Crippen LogP contribution in [0.2, 0.25) is 0 Å². The lowest BCUT2D eigenvalue weighted by atomic mass is 10.1. The summed E-state index contributed by atoms with van der Waals surface area (Å²) in [6.45, 7) is 3.81. The Morgan fingerprint density at radius 2 is 1.90 bits per heavy atom. The Hall–Kier alpha value is -4.19. The molecule has 0 spiro atoms. The minimum absolute atomic E-state index is 0.0900. The number of nitrogens with zero attached hydrogens (tertiary/aromatic N) is 6. The SMILES string of the molecule is CC(Nc1ncnc(N)c1C#N)c1nc2cccn2c(=O)n1C(C)c1ccccc1. The maximum atomic E-state index is 13.3. The van der Waals surface area contributed by atoms with Gasteiger partial charge in [0.25, 0.3) is 0 Å². The van der Waals surface area contributed by atoms with Gasteiger partial charge in [0.2, 0.25) is 0 Å². The van der Waals surface area contributed by atoms with Gasteiger partial charge < -0.3 is 11.1 Å². The van der Waals surface area contributed by atoms with Gasteiger partial charge in [-0.3, -0.25) is 8.97 Å². The highest BCUT2D eigenvalue weighted by Crippen LogP contribution is 2.25. The van der Waals surface area contributed by atoms with Crippen LogP contribution in [0.15, 0.2) is 59.8 Å². The summed E-state index contributed by atoms with van der Waals surface area (Å²) in [5, 5.41) is 12.6. The lowest BCUT2D eigenvalue weighted by Gasteiger charge is -2.24. The number of nitriles is 1. The molecule has 3 N–H and O–H groups in total. The molecule has 2 atom stereocenters. The molecule has 150 valence electrons. The second-order valence-electron chi connectivity index (χ2n) is 6.91. The van der Waals surface area contributed by atoms with Gasteiger partial charge in [-0.25, -0.2) is 19.7 Å². The van der Waals surface area contributed by atoms with Gasteiger partial charge in [0.1, 0.15) is 41.1 Å². The van der Waals surface area contributed by atoms with Crippen LogP contribution in [0.25, 0.3) is 5.65 Å². The number of anilines is 2. The van der Waals surface area contributed by atoms with Crippen LogP contribution < -0.4 is 16.7 Å². The van der Waals surface area contributed by atoms with Crippen molar-refractivity contribution in [2.45, 2.75) is 25.9 Å². The molecule has 0 aliphatic heterocycles. The fraction of sp³-hybridized carbons (Fsp3) is 0.190. The minimum Gasteiger partial charge on any atom is -0.382 e. The molecule has 9 heteroatoms. The molecule has 0 fully saturated rings. The van der Waals surface area contributed by atoms with Crippen LogP contribution in [0, 0.1) is 11.3 Å². The highest BCUT2D eigenvalue weighted by molar-refractivity contribution is 5.62. The average Bonchev–Trinajstić information content (AvgIpc) is 3.23. The summed E-state index contributed by atoms with van der Waals surface area (Å²) in [6, 6.07) is 14.6. The Labute approximate surface area is 172 Å². The van der Waals surface area contributed by atoms with E-state index in [1.54, 1.807) is 22.9 Å². The number of nitrogens with one attached hydrogen (secondary N) is 1. The van der Waals surface area contributed by atoms with Crippen molar-refractivity contribution >= 4 is 17.3 Å². The molecule has 4 aromatic rings. The number of hydrogen-bond acceptors (Lipinski definition) is 7. The van der Waals surface area contributed by atoms with Crippen LogP contribution in [-0.4, -0.2) is 23.9 Å². The Kier molecular flexibility index (Phi) is 4.90. The minimum atomic E-state index is -0.440. The van der Waals surface area contributed by atoms with E-state index >= 15 is 0 Å². The zero-order valence-corrected chi connectivity index (χ0v) is 16.5. The fourth-order valence-electron chi connectivity index (χ4n) is 3.45. The summed E-state index contributed by atoms with van der Waals surface area (Å²) in [5.41, 5.74) is 7.27. The molecule has 0 amide bonds. The maximum absolute atomic E-state index is 13.3. The number of aromatic nitrogens is 5. The van der Waals surface area contributed by atoms with E-state index in [2.05, 4.69) is 15.3 Å². The summed E-state index contributed by atoms with van der Waals surface area (Å²) in [7, 11) is 0. The van der Waals surface area contributed by atoms with Crippen LogP contribution in [0.3, 0.4) is 0 Å². The standard InChI is InChI=1S/C21H20N8O/c1-13(26-19-16(11-22)18(23)24-12-25-19)20-27-17-9-6-10-28(17)21(30)29(20)14(2)15-7-4-3-5-8-15/h3-10,12-14H,1-2H3,(H3,23,24,25,26). The van der Waals surface area contributed by atoms with Gasteiger partial charge in [-0.1, -0.05) is 30.3 Å². The first-order valence-corrected chi connectivity index (χ1v) is 9.42. The number of hydrogen-bond donors (Lipinski definition) is 2.